The molecule has 5 heteroatoms. The van der Waals surface area contributed by atoms with E-state index in [4.69, 9.17) is 18.0 Å². The van der Waals surface area contributed by atoms with Crippen molar-refractivity contribution < 1.29 is 9.18 Å². The van der Waals surface area contributed by atoms with Gasteiger partial charge < -0.3 is 11.1 Å². The van der Waals surface area contributed by atoms with Crippen LogP contribution >= 0.6 is 12.2 Å². The molecule has 0 saturated heterocycles. The lowest BCUT2D eigenvalue weighted by atomic mass is 10.1. The van der Waals surface area contributed by atoms with Gasteiger partial charge in [-0.25, -0.2) is 4.39 Å². The van der Waals surface area contributed by atoms with E-state index in [1.165, 1.54) is 12.1 Å². The summed E-state index contributed by atoms with van der Waals surface area (Å²) in [5, 5.41) is 2.67. The van der Waals surface area contributed by atoms with Crippen LogP contribution in [0.5, 0.6) is 0 Å². The first-order valence-electron chi connectivity index (χ1n) is 6.40. The molecule has 1 unspecified atom stereocenters. The van der Waals surface area contributed by atoms with Crippen LogP contribution in [0.4, 0.5) is 4.39 Å². The molecule has 108 valence electrons. The smallest absolute Gasteiger partial charge is 0.255 e. The summed E-state index contributed by atoms with van der Waals surface area (Å²) >= 11 is 5.00. The fourth-order valence-corrected chi connectivity index (χ4v) is 2.18. The van der Waals surface area contributed by atoms with Gasteiger partial charge in [-0.05, 0) is 24.6 Å². The molecule has 0 bridgehead atoms. The average molecular weight is 302 g/mol. The largest absolute Gasteiger partial charge is 0.391 e. The van der Waals surface area contributed by atoms with Crippen molar-refractivity contribution in [1.29, 1.82) is 0 Å². The van der Waals surface area contributed by atoms with Gasteiger partial charge in [-0.3, -0.25) is 4.79 Å². The third kappa shape index (κ3) is 3.64. The molecule has 1 atom stereocenters. The van der Waals surface area contributed by atoms with Crippen LogP contribution in [0, 0.1) is 12.7 Å². The minimum absolute atomic E-state index is 0.0211. The average Bonchev–Trinajstić information content (AvgIpc) is 2.47. The fraction of sp³-hybridized carbons (Fsp3) is 0.125. The summed E-state index contributed by atoms with van der Waals surface area (Å²) in [7, 11) is 0. The predicted octanol–water partition coefficient (Wildman–Crippen LogP) is 2.89. The zero-order valence-electron chi connectivity index (χ0n) is 11.5. The maximum atomic E-state index is 13.7. The van der Waals surface area contributed by atoms with Crippen LogP contribution < -0.4 is 11.1 Å². The van der Waals surface area contributed by atoms with Gasteiger partial charge in [0, 0.05) is 0 Å². The van der Waals surface area contributed by atoms with E-state index in [1.54, 1.807) is 25.1 Å². The highest BCUT2D eigenvalue weighted by Gasteiger charge is 2.20. The van der Waals surface area contributed by atoms with Crippen LogP contribution in [0.15, 0.2) is 48.5 Å². The van der Waals surface area contributed by atoms with Crippen molar-refractivity contribution in [2.45, 2.75) is 13.0 Å². The maximum absolute atomic E-state index is 13.7. The third-order valence-electron chi connectivity index (χ3n) is 3.06. The topological polar surface area (TPSA) is 55.1 Å². The van der Waals surface area contributed by atoms with E-state index in [0.717, 1.165) is 11.1 Å². The molecular formula is C16H15FN2OS. The Kier molecular flexibility index (Phi) is 4.65. The number of nitrogens with one attached hydrogen (secondary N) is 1. The number of halogens is 1. The molecule has 2 rings (SSSR count). The first kappa shape index (κ1) is 15.1. The standard InChI is InChI=1S/C16H15FN2OS/c1-10-7-8-13(17)12(9-10)16(20)19-14(15(18)21)11-5-3-2-4-6-11/h2-9,14H,1H3,(H2,18,21)(H,19,20). The normalized spacial score (nSPS) is 11.7. The second-order valence-corrected chi connectivity index (χ2v) is 5.17. The van der Waals surface area contributed by atoms with Crippen molar-refractivity contribution in [3.05, 3.63) is 71.0 Å². The molecule has 0 spiro atoms. The molecule has 0 saturated carbocycles. The van der Waals surface area contributed by atoms with E-state index in [0.29, 0.717) is 0 Å². The lowest BCUT2D eigenvalue weighted by Crippen LogP contribution is -2.36. The van der Waals surface area contributed by atoms with Crippen molar-refractivity contribution in [2.75, 3.05) is 0 Å². The number of carbonyl (C=O) groups excluding carboxylic acids is 1. The molecule has 0 aliphatic carbocycles. The number of rotatable bonds is 4. The molecule has 0 fully saturated rings. The van der Waals surface area contributed by atoms with Crippen molar-refractivity contribution in [3.63, 3.8) is 0 Å². The van der Waals surface area contributed by atoms with Crippen molar-refractivity contribution in [2.24, 2.45) is 5.73 Å². The molecular weight excluding hydrogens is 287 g/mol. The summed E-state index contributed by atoms with van der Waals surface area (Å²) < 4.78 is 13.7. The van der Waals surface area contributed by atoms with Crippen molar-refractivity contribution in [1.82, 2.24) is 5.32 Å². The summed E-state index contributed by atoms with van der Waals surface area (Å²) in [4.78, 5) is 12.4. The highest BCUT2D eigenvalue weighted by molar-refractivity contribution is 7.80. The van der Waals surface area contributed by atoms with Gasteiger partial charge in [-0.15, -0.1) is 0 Å². The number of thiocarbonyl (C=S) groups is 1. The lowest BCUT2D eigenvalue weighted by Gasteiger charge is -2.18. The minimum atomic E-state index is -0.631. The quantitative estimate of drug-likeness (QED) is 0.854. The molecule has 0 aliphatic rings. The van der Waals surface area contributed by atoms with E-state index in [9.17, 15) is 9.18 Å². The van der Waals surface area contributed by atoms with Crippen LogP contribution in [-0.2, 0) is 0 Å². The van der Waals surface area contributed by atoms with Crippen LogP contribution in [-0.4, -0.2) is 10.9 Å². The molecule has 0 aliphatic heterocycles. The minimum Gasteiger partial charge on any atom is -0.391 e. The third-order valence-corrected chi connectivity index (χ3v) is 3.30. The van der Waals surface area contributed by atoms with Crippen LogP contribution in [0.1, 0.15) is 27.5 Å². The molecule has 1 amide bonds. The molecule has 0 heterocycles. The number of aryl methyl sites for hydroxylation is 1. The molecule has 0 radical (unpaired) electrons. The Morgan fingerprint density at radius 3 is 2.52 bits per heavy atom. The van der Waals surface area contributed by atoms with Gasteiger partial charge >= 0.3 is 0 Å². The molecule has 21 heavy (non-hydrogen) atoms. The molecule has 2 aromatic rings. The number of carbonyl (C=O) groups is 1. The summed E-state index contributed by atoms with van der Waals surface area (Å²) in [6.45, 7) is 1.79. The highest BCUT2D eigenvalue weighted by Crippen LogP contribution is 2.16. The molecule has 2 aromatic carbocycles. The van der Waals surface area contributed by atoms with Crippen molar-refractivity contribution >= 4 is 23.1 Å². The summed E-state index contributed by atoms with van der Waals surface area (Å²) in [5.41, 5.74) is 7.22. The van der Waals surface area contributed by atoms with E-state index >= 15 is 0 Å². The van der Waals surface area contributed by atoms with Gasteiger partial charge in [0.25, 0.3) is 5.91 Å². The number of benzene rings is 2. The number of hydrogen-bond donors (Lipinski definition) is 2. The lowest BCUT2D eigenvalue weighted by molar-refractivity contribution is 0.0942. The van der Waals surface area contributed by atoms with Gasteiger partial charge in [0.05, 0.1) is 5.56 Å². The SMILES string of the molecule is Cc1ccc(F)c(C(=O)NC(C(N)=S)c2ccccc2)c1. The van der Waals surface area contributed by atoms with Crippen molar-refractivity contribution in [3.8, 4) is 0 Å². The predicted molar refractivity (Wildman–Crippen MR) is 84.6 cm³/mol. The Labute approximate surface area is 128 Å². The number of amides is 1. The van der Waals surface area contributed by atoms with Crippen LogP contribution in [0.25, 0.3) is 0 Å². The Morgan fingerprint density at radius 1 is 1.24 bits per heavy atom. The van der Waals surface area contributed by atoms with E-state index in [2.05, 4.69) is 5.32 Å². The molecule has 3 nitrogen and oxygen atoms in total. The fourth-order valence-electron chi connectivity index (χ4n) is 1.99. The first-order chi connectivity index (χ1) is 9.99. The number of nitrogens with two attached hydrogens (primary N) is 1. The summed E-state index contributed by atoms with van der Waals surface area (Å²) in [6, 6.07) is 12.8. The van der Waals surface area contributed by atoms with Gasteiger partial charge in [-0.2, -0.15) is 0 Å². The Hall–Kier alpha value is -2.27. The van der Waals surface area contributed by atoms with Gasteiger partial charge in [0.1, 0.15) is 16.8 Å². The van der Waals surface area contributed by atoms with Gasteiger partial charge in [-0.1, -0.05) is 54.2 Å². The Morgan fingerprint density at radius 2 is 1.90 bits per heavy atom. The second-order valence-electron chi connectivity index (χ2n) is 4.70. The van der Waals surface area contributed by atoms with Crippen LogP contribution in [0.2, 0.25) is 0 Å². The summed E-state index contributed by atoms with van der Waals surface area (Å²) in [6.07, 6.45) is 0. The number of hydrogen-bond acceptors (Lipinski definition) is 2. The Balaban J connectivity index is 2.27. The second kappa shape index (κ2) is 6.45. The zero-order chi connectivity index (χ0) is 15.4. The van der Waals surface area contributed by atoms with Gasteiger partial charge in [0.15, 0.2) is 0 Å². The zero-order valence-corrected chi connectivity index (χ0v) is 12.3. The van der Waals surface area contributed by atoms with E-state index in [1.807, 2.05) is 18.2 Å². The first-order valence-corrected chi connectivity index (χ1v) is 6.81. The van der Waals surface area contributed by atoms with E-state index < -0.39 is 17.8 Å². The molecule has 3 N–H and O–H groups in total. The Bertz CT molecular complexity index is 673. The monoisotopic (exact) mass is 302 g/mol. The van der Waals surface area contributed by atoms with E-state index in [-0.39, 0.29) is 10.6 Å². The highest BCUT2D eigenvalue weighted by atomic mass is 32.1. The van der Waals surface area contributed by atoms with Gasteiger partial charge in [0.2, 0.25) is 0 Å². The van der Waals surface area contributed by atoms with Crippen LogP contribution in [0.3, 0.4) is 0 Å². The molecule has 0 aromatic heterocycles. The maximum Gasteiger partial charge on any atom is 0.255 e. The summed E-state index contributed by atoms with van der Waals surface area (Å²) in [5.74, 6) is -1.12.